The smallest absolute Gasteiger partial charge is 0.230 e. The number of carbonyl (C=O) groups excluding carboxylic acids is 1. The van der Waals surface area contributed by atoms with Crippen LogP contribution in [0.2, 0.25) is 0 Å². The lowest BCUT2D eigenvalue weighted by Gasteiger charge is -2.42. The number of nitrogens with one attached hydrogen (secondary N) is 2. The monoisotopic (exact) mass is 235 g/mol. The lowest BCUT2D eigenvalue weighted by molar-refractivity contribution is -0.146. The Kier molecular flexibility index (Phi) is 3.52. The Labute approximate surface area is 102 Å². The summed E-state index contributed by atoms with van der Waals surface area (Å²) in [6, 6.07) is 2.01. The van der Waals surface area contributed by atoms with Crippen LogP contribution in [0.3, 0.4) is 0 Å². The van der Waals surface area contributed by atoms with Crippen LogP contribution in [0.4, 0.5) is 0 Å². The Bertz CT molecular complexity index is 368. The van der Waals surface area contributed by atoms with Crippen molar-refractivity contribution < 1.29 is 4.79 Å². The average Bonchev–Trinajstić information content (AvgIpc) is 2.75. The average molecular weight is 235 g/mol. The molecule has 4 heteroatoms. The Morgan fingerprint density at radius 3 is 2.82 bits per heavy atom. The van der Waals surface area contributed by atoms with E-state index in [1.54, 1.807) is 0 Å². The summed E-state index contributed by atoms with van der Waals surface area (Å²) in [7, 11) is 3.81. The molecule has 1 aromatic rings. The van der Waals surface area contributed by atoms with Gasteiger partial charge in [0.15, 0.2) is 0 Å². The highest BCUT2D eigenvalue weighted by Crippen LogP contribution is 2.41. The molecule has 1 fully saturated rings. The highest BCUT2D eigenvalue weighted by molar-refractivity contribution is 5.83. The van der Waals surface area contributed by atoms with Crippen molar-refractivity contribution in [2.24, 2.45) is 5.41 Å². The van der Waals surface area contributed by atoms with Crippen LogP contribution in [-0.2, 0) is 11.3 Å². The second kappa shape index (κ2) is 4.92. The lowest BCUT2D eigenvalue weighted by Crippen LogP contribution is -2.51. The first kappa shape index (κ1) is 12.2. The van der Waals surface area contributed by atoms with Gasteiger partial charge in [0.25, 0.3) is 0 Å². The van der Waals surface area contributed by atoms with Crippen molar-refractivity contribution in [3.8, 4) is 0 Å². The fourth-order valence-electron chi connectivity index (χ4n) is 2.62. The fraction of sp³-hybridized carbons (Fsp3) is 0.615. The van der Waals surface area contributed by atoms with Crippen molar-refractivity contribution in [1.82, 2.24) is 15.2 Å². The van der Waals surface area contributed by atoms with Crippen LogP contribution >= 0.6 is 0 Å². The van der Waals surface area contributed by atoms with Gasteiger partial charge in [0, 0.05) is 32.5 Å². The number of hydrogen-bond acceptors (Lipinski definition) is 2. The van der Waals surface area contributed by atoms with Gasteiger partial charge in [-0.25, -0.2) is 0 Å². The predicted octanol–water partition coefficient (Wildman–Crippen LogP) is 1.36. The molecule has 0 atom stereocenters. The first-order chi connectivity index (χ1) is 8.18. The Balaban J connectivity index is 1.98. The molecule has 2 N–H and O–H groups in total. The minimum Gasteiger partial charge on any atom is -0.367 e. The van der Waals surface area contributed by atoms with E-state index in [0.29, 0.717) is 6.54 Å². The molecular formula is C13H21N3O. The molecule has 1 saturated carbocycles. The molecule has 0 unspecified atom stereocenters. The third kappa shape index (κ3) is 2.36. The van der Waals surface area contributed by atoms with Crippen molar-refractivity contribution in [3.63, 3.8) is 0 Å². The normalized spacial score (nSPS) is 17.5. The summed E-state index contributed by atoms with van der Waals surface area (Å²) in [5.74, 6) is 0.277. The van der Waals surface area contributed by atoms with Crippen molar-refractivity contribution in [2.75, 3.05) is 20.6 Å². The molecule has 4 nitrogen and oxygen atoms in total. The zero-order chi connectivity index (χ0) is 12.3. The summed E-state index contributed by atoms with van der Waals surface area (Å²) in [5, 5.41) is 3.15. The number of carbonyl (C=O) groups is 1. The van der Waals surface area contributed by atoms with E-state index >= 15 is 0 Å². The van der Waals surface area contributed by atoms with E-state index in [0.717, 1.165) is 24.9 Å². The second-order valence-corrected chi connectivity index (χ2v) is 5.04. The highest BCUT2D eigenvalue weighted by atomic mass is 16.2. The van der Waals surface area contributed by atoms with Gasteiger partial charge in [-0.3, -0.25) is 4.79 Å². The van der Waals surface area contributed by atoms with E-state index in [4.69, 9.17) is 0 Å². The molecular weight excluding hydrogens is 214 g/mol. The first-order valence-electron chi connectivity index (χ1n) is 6.20. The van der Waals surface area contributed by atoms with Crippen LogP contribution in [0, 0.1) is 5.41 Å². The van der Waals surface area contributed by atoms with Gasteiger partial charge in [0.05, 0.1) is 5.41 Å². The van der Waals surface area contributed by atoms with Crippen LogP contribution < -0.4 is 5.32 Å². The van der Waals surface area contributed by atoms with Gasteiger partial charge in [-0.05, 0) is 31.5 Å². The van der Waals surface area contributed by atoms with E-state index in [1.165, 1.54) is 6.42 Å². The van der Waals surface area contributed by atoms with Gasteiger partial charge < -0.3 is 15.2 Å². The molecule has 0 spiro atoms. The number of aromatic nitrogens is 1. The highest BCUT2D eigenvalue weighted by Gasteiger charge is 2.44. The SMILES string of the molecule is CNCC1(C(=O)N(C)Cc2cc[nH]c2)CCC1. The van der Waals surface area contributed by atoms with Crippen molar-refractivity contribution in [3.05, 3.63) is 24.0 Å². The Hall–Kier alpha value is -1.29. The van der Waals surface area contributed by atoms with Crippen molar-refractivity contribution in [1.29, 1.82) is 0 Å². The Morgan fingerprint density at radius 2 is 2.35 bits per heavy atom. The molecule has 1 aromatic heterocycles. The van der Waals surface area contributed by atoms with Crippen molar-refractivity contribution in [2.45, 2.75) is 25.8 Å². The molecule has 0 bridgehead atoms. The van der Waals surface area contributed by atoms with Gasteiger partial charge >= 0.3 is 0 Å². The van der Waals surface area contributed by atoms with E-state index in [1.807, 2.05) is 37.5 Å². The van der Waals surface area contributed by atoms with Crippen LogP contribution in [0.25, 0.3) is 0 Å². The van der Waals surface area contributed by atoms with E-state index in [9.17, 15) is 4.79 Å². The molecule has 94 valence electrons. The van der Waals surface area contributed by atoms with Crippen LogP contribution in [-0.4, -0.2) is 36.4 Å². The zero-order valence-corrected chi connectivity index (χ0v) is 10.6. The third-order valence-corrected chi connectivity index (χ3v) is 3.71. The summed E-state index contributed by atoms with van der Waals surface area (Å²) in [4.78, 5) is 17.3. The number of aromatic amines is 1. The minimum atomic E-state index is -0.139. The standard InChI is InChI=1S/C13H21N3O/c1-14-10-13(5-3-6-13)12(17)16(2)9-11-4-7-15-8-11/h4,7-8,14-15H,3,5-6,9-10H2,1-2H3. The molecule has 1 heterocycles. The number of hydrogen-bond donors (Lipinski definition) is 2. The molecule has 1 aliphatic rings. The quantitative estimate of drug-likeness (QED) is 0.809. The summed E-state index contributed by atoms with van der Waals surface area (Å²) >= 11 is 0. The Morgan fingerprint density at radius 1 is 1.59 bits per heavy atom. The third-order valence-electron chi connectivity index (χ3n) is 3.71. The maximum atomic E-state index is 12.4. The molecule has 0 aliphatic heterocycles. The molecule has 1 aliphatic carbocycles. The summed E-state index contributed by atoms with van der Waals surface area (Å²) in [6.45, 7) is 1.48. The number of nitrogens with zero attached hydrogens (tertiary/aromatic N) is 1. The fourth-order valence-corrected chi connectivity index (χ4v) is 2.62. The number of rotatable bonds is 5. The maximum Gasteiger partial charge on any atom is 0.230 e. The predicted molar refractivity (Wildman–Crippen MR) is 67.5 cm³/mol. The zero-order valence-electron chi connectivity index (χ0n) is 10.6. The summed E-state index contributed by atoms with van der Waals surface area (Å²) in [6.07, 6.45) is 7.04. The minimum absolute atomic E-state index is 0.139. The first-order valence-corrected chi connectivity index (χ1v) is 6.20. The van der Waals surface area contributed by atoms with Crippen LogP contribution in [0.15, 0.2) is 18.5 Å². The van der Waals surface area contributed by atoms with Crippen LogP contribution in [0.5, 0.6) is 0 Å². The molecule has 0 aromatic carbocycles. The molecule has 0 radical (unpaired) electrons. The number of H-pyrrole nitrogens is 1. The number of amides is 1. The summed E-state index contributed by atoms with van der Waals surface area (Å²) in [5.41, 5.74) is 1.01. The van der Waals surface area contributed by atoms with Gasteiger partial charge in [-0.2, -0.15) is 0 Å². The van der Waals surface area contributed by atoms with E-state index in [-0.39, 0.29) is 11.3 Å². The maximum absolute atomic E-state index is 12.4. The second-order valence-electron chi connectivity index (χ2n) is 5.04. The largest absolute Gasteiger partial charge is 0.367 e. The molecule has 0 saturated heterocycles. The van der Waals surface area contributed by atoms with Gasteiger partial charge in [-0.15, -0.1) is 0 Å². The van der Waals surface area contributed by atoms with E-state index in [2.05, 4.69) is 10.3 Å². The lowest BCUT2D eigenvalue weighted by atomic mass is 9.67. The summed E-state index contributed by atoms with van der Waals surface area (Å²) < 4.78 is 0. The van der Waals surface area contributed by atoms with Crippen LogP contribution in [0.1, 0.15) is 24.8 Å². The van der Waals surface area contributed by atoms with E-state index < -0.39 is 0 Å². The van der Waals surface area contributed by atoms with Gasteiger partial charge in [0.1, 0.15) is 0 Å². The van der Waals surface area contributed by atoms with Gasteiger partial charge in [0.2, 0.25) is 5.91 Å². The molecule has 2 rings (SSSR count). The van der Waals surface area contributed by atoms with Crippen molar-refractivity contribution >= 4 is 5.91 Å². The van der Waals surface area contributed by atoms with Gasteiger partial charge in [-0.1, -0.05) is 6.42 Å². The topological polar surface area (TPSA) is 48.1 Å². The molecule has 17 heavy (non-hydrogen) atoms. The molecule has 1 amide bonds.